The lowest BCUT2D eigenvalue weighted by molar-refractivity contribution is -0.211. The minimum atomic E-state index is -0.0484. The molecule has 3 atom stereocenters. The normalized spacial score (nSPS) is 42.3. The summed E-state index contributed by atoms with van der Waals surface area (Å²) in [5.41, 5.74) is 0.167. The van der Waals surface area contributed by atoms with Crippen molar-refractivity contribution in [1.82, 2.24) is 10.2 Å². The third-order valence-corrected chi connectivity index (χ3v) is 6.31. The van der Waals surface area contributed by atoms with Gasteiger partial charge in [0.05, 0.1) is 5.41 Å². The average molecular weight is 250 g/mol. The molecule has 0 aromatic carbocycles. The molecule has 3 heteroatoms. The highest BCUT2D eigenvalue weighted by atomic mass is 16.2. The lowest BCUT2D eigenvalue weighted by atomic mass is 9.36. The van der Waals surface area contributed by atoms with E-state index in [1.807, 2.05) is 0 Å². The Hall–Kier alpha value is -0.570. The van der Waals surface area contributed by atoms with Gasteiger partial charge in [-0.15, -0.1) is 0 Å². The number of carbonyl (C=O) groups excluding carboxylic acids is 1. The van der Waals surface area contributed by atoms with Gasteiger partial charge in [0.15, 0.2) is 0 Å². The highest BCUT2D eigenvalue weighted by Gasteiger charge is 2.68. The summed E-state index contributed by atoms with van der Waals surface area (Å²) in [4.78, 5) is 15.2. The zero-order chi connectivity index (χ0) is 13.0. The largest absolute Gasteiger partial charge is 0.340 e. The third-order valence-electron chi connectivity index (χ3n) is 6.31. The van der Waals surface area contributed by atoms with Gasteiger partial charge in [0.2, 0.25) is 5.91 Å². The Kier molecular flexibility index (Phi) is 2.74. The van der Waals surface area contributed by atoms with E-state index in [0.717, 1.165) is 38.5 Å². The van der Waals surface area contributed by atoms with Crippen molar-refractivity contribution in [3.63, 3.8) is 0 Å². The molecule has 0 spiro atoms. The number of carbonyl (C=O) groups is 1. The Morgan fingerprint density at radius 2 is 1.89 bits per heavy atom. The van der Waals surface area contributed by atoms with Gasteiger partial charge in [-0.25, -0.2) is 0 Å². The van der Waals surface area contributed by atoms with E-state index in [0.29, 0.717) is 11.8 Å². The molecule has 3 nitrogen and oxygen atoms in total. The van der Waals surface area contributed by atoms with Crippen molar-refractivity contribution in [2.24, 2.45) is 22.7 Å². The molecule has 4 rings (SSSR count). The maximum absolute atomic E-state index is 13.0. The van der Waals surface area contributed by atoms with E-state index in [-0.39, 0.29) is 10.8 Å². The molecule has 1 amide bonds. The quantitative estimate of drug-likeness (QED) is 0.770. The van der Waals surface area contributed by atoms with E-state index < -0.39 is 0 Å². The van der Waals surface area contributed by atoms with Crippen LogP contribution in [0.4, 0.5) is 0 Å². The molecule has 1 unspecified atom stereocenters. The van der Waals surface area contributed by atoms with E-state index in [1.54, 1.807) is 0 Å². The predicted molar refractivity (Wildman–Crippen MR) is 72.2 cm³/mol. The molecule has 0 aromatic rings. The molecule has 1 aliphatic heterocycles. The number of fused-ring (bicyclic) bond motifs is 2. The Balaban J connectivity index is 1.86. The number of nitrogens with one attached hydrogen (secondary N) is 1. The molecule has 0 radical (unpaired) electrons. The van der Waals surface area contributed by atoms with Crippen LogP contribution in [0.3, 0.4) is 0 Å². The molecule has 102 valence electrons. The van der Waals surface area contributed by atoms with Gasteiger partial charge in [-0.1, -0.05) is 20.8 Å². The summed E-state index contributed by atoms with van der Waals surface area (Å²) in [5, 5.41) is 3.34. The van der Waals surface area contributed by atoms with Crippen molar-refractivity contribution >= 4 is 5.91 Å². The van der Waals surface area contributed by atoms with E-state index in [2.05, 4.69) is 31.0 Å². The smallest absolute Gasteiger partial charge is 0.229 e. The van der Waals surface area contributed by atoms with E-state index in [4.69, 9.17) is 0 Å². The molecule has 4 aliphatic rings. The van der Waals surface area contributed by atoms with Crippen LogP contribution in [0.25, 0.3) is 0 Å². The Morgan fingerprint density at radius 3 is 2.44 bits per heavy atom. The predicted octanol–water partition coefficient (Wildman–Crippen LogP) is 1.88. The maximum Gasteiger partial charge on any atom is 0.229 e. The second-order valence-electron chi connectivity index (χ2n) is 7.11. The lowest BCUT2D eigenvalue weighted by Gasteiger charge is -2.68. The van der Waals surface area contributed by atoms with Crippen molar-refractivity contribution in [3.8, 4) is 0 Å². The van der Waals surface area contributed by atoms with Crippen LogP contribution in [0.15, 0.2) is 0 Å². The first-order valence-electron chi connectivity index (χ1n) is 7.50. The number of piperazine rings is 1. The molecule has 0 aromatic heterocycles. The Morgan fingerprint density at radius 1 is 1.22 bits per heavy atom. The fourth-order valence-electron chi connectivity index (χ4n) is 4.86. The average Bonchev–Trinajstić information content (AvgIpc) is 2.38. The van der Waals surface area contributed by atoms with Gasteiger partial charge in [-0.3, -0.25) is 4.79 Å². The molecule has 3 saturated carbocycles. The van der Waals surface area contributed by atoms with Gasteiger partial charge in [0.25, 0.3) is 0 Å². The fourth-order valence-corrected chi connectivity index (χ4v) is 4.86. The van der Waals surface area contributed by atoms with Gasteiger partial charge in [-0.05, 0) is 36.5 Å². The first kappa shape index (κ1) is 12.5. The summed E-state index contributed by atoms with van der Waals surface area (Å²) in [6.07, 6.45) is 3.71. The summed E-state index contributed by atoms with van der Waals surface area (Å²) in [6.45, 7) is 10.7. The number of hydrogen-bond acceptors (Lipinski definition) is 2. The fraction of sp³-hybridized carbons (Fsp3) is 0.933. The summed E-state index contributed by atoms with van der Waals surface area (Å²) in [6, 6.07) is 0. The summed E-state index contributed by atoms with van der Waals surface area (Å²) >= 11 is 0. The Labute approximate surface area is 110 Å². The standard InChI is InChI=1S/C15H26N2O/c1-11-4-5-12-10-15(11,14(12,2)3)13(18)17-8-6-16-7-9-17/h11-12,16H,4-10H2,1-3H3/t11?,12-,15+/m0/s1. The van der Waals surface area contributed by atoms with Crippen LogP contribution in [0.2, 0.25) is 0 Å². The number of hydrogen-bond donors (Lipinski definition) is 1. The highest BCUT2D eigenvalue weighted by molar-refractivity contribution is 5.85. The van der Waals surface area contributed by atoms with Gasteiger partial charge in [0, 0.05) is 26.2 Å². The first-order valence-corrected chi connectivity index (χ1v) is 7.50. The molecule has 3 aliphatic carbocycles. The molecule has 1 saturated heterocycles. The number of nitrogens with zero attached hydrogens (tertiary/aromatic N) is 1. The molecule has 18 heavy (non-hydrogen) atoms. The summed E-state index contributed by atoms with van der Waals surface area (Å²) in [7, 11) is 0. The molecule has 2 bridgehead atoms. The zero-order valence-electron chi connectivity index (χ0n) is 12.0. The van der Waals surface area contributed by atoms with Crippen LogP contribution in [0, 0.1) is 22.7 Å². The van der Waals surface area contributed by atoms with Gasteiger partial charge >= 0.3 is 0 Å². The van der Waals surface area contributed by atoms with E-state index >= 15 is 0 Å². The van der Waals surface area contributed by atoms with Crippen LogP contribution in [-0.4, -0.2) is 37.0 Å². The van der Waals surface area contributed by atoms with Crippen LogP contribution >= 0.6 is 0 Å². The second-order valence-corrected chi connectivity index (χ2v) is 7.11. The van der Waals surface area contributed by atoms with Gasteiger partial charge in [-0.2, -0.15) is 0 Å². The second kappa shape index (κ2) is 3.96. The molecule has 1 N–H and O–H groups in total. The minimum Gasteiger partial charge on any atom is -0.340 e. The van der Waals surface area contributed by atoms with Crippen molar-refractivity contribution in [1.29, 1.82) is 0 Å². The first-order chi connectivity index (χ1) is 8.50. The zero-order valence-corrected chi connectivity index (χ0v) is 12.0. The molecular formula is C15H26N2O. The maximum atomic E-state index is 13.0. The summed E-state index contributed by atoms with van der Waals surface area (Å²) in [5.74, 6) is 1.79. The minimum absolute atomic E-state index is 0.0484. The van der Waals surface area contributed by atoms with Crippen molar-refractivity contribution in [3.05, 3.63) is 0 Å². The molecule has 4 fully saturated rings. The molecule has 1 heterocycles. The van der Waals surface area contributed by atoms with Crippen LogP contribution < -0.4 is 5.32 Å². The van der Waals surface area contributed by atoms with Gasteiger partial charge < -0.3 is 10.2 Å². The monoisotopic (exact) mass is 250 g/mol. The SMILES string of the molecule is CC1CC[C@H]2C[C@@]1(C(=O)N1CCNCC1)C2(C)C. The van der Waals surface area contributed by atoms with Crippen LogP contribution in [-0.2, 0) is 4.79 Å². The summed E-state index contributed by atoms with van der Waals surface area (Å²) < 4.78 is 0. The Bertz CT molecular complexity index is 360. The third kappa shape index (κ3) is 1.37. The van der Waals surface area contributed by atoms with Crippen LogP contribution in [0.1, 0.15) is 40.0 Å². The van der Waals surface area contributed by atoms with E-state index in [1.165, 1.54) is 12.8 Å². The number of rotatable bonds is 1. The number of amides is 1. The van der Waals surface area contributed by atoms with Crippen molar-refractivity contribution in [2.45, 2.75) is 40.0 Å². The van der Waals surface area contributed by atoms with E-state index in [9.17, 15) is 4.79 Å². The van der Waals surface area contributed by atoms with Crippen molar-refractivity contribution in [2.75, 3.05) is 26.2 Å². The van der Waals surface area contributed by atoms with Crippen molar-refractivity contribution < 1.29 is 4.79 Å². The highest BCUT2D eigenvalue weighted by Crippen LogP contribution is 2.70. The van der Waals surface area contributed by atoms with Gasteiger partial charge in [0.1, 0.15) is 0 Å². The molecular weight excluding hydrogens is 224 g/mol. The lowest BCUT2D eigenvalue weighted by Crippen LogP contribution is -2.69. The topological polar surface area (TPSA) is 32.3 Å². The van der Waals surface area contributed by atoms with Crippen LogP contribution in [0.5, 0.6) is 0 Å².